The number of ether oxygens (including phenoxy) is 1. The van der Waals surface area contributed by atoms with E-state index in [2.05, 4.69) is 25.2 Å². The lowest BCUT2D eigenvalue weighted by Crippen LogP contribution is -2.31. The van der Waals surface area contributed by atoms with E-state index in [1.54, 1.807) is 0 Å². The number of hydrogen-bond acceptors (Lipinski definition) is 3. The Balaban J connectivity index is 1.91. The summed E-state index contributed by atoms with van der Waals surface area (Å²) in [5.41, 5.74) is 1.19. The lowest BCUT2D eigenvalue weighted by molar-refractivity contribution is -0.118. The maximum Gasteiger partial charge on any atom is 0.147 e. The second-order valence-corrected chi connectivity index (χ2v) is 5.30. The zero-order chi connectivity index (χ0) is 13.7. The minimum Gasteiger partial charge on any atom is -0.493 e. The number of hydrogen-bond donors (Lipinski definition) is 1. The van der Waals surface area contributed by atoms with Crippen LogP contribution in [0.15, 0.2) is 24.3 Å². The van der Waals surface area contributed by atoms with Crippen molar-refractivity contribution in [2.45, 2.75) is 45.1 Å². The predicted octanol–water partition coefficient (Wildman–Crippen LogP) is 2.90. The Morgan fingerprint density at radius 1 is 1.47 bits per heavy atom. The van der Waals surface area contributed by atoms with Gasteiger partial charge in [-0.25, -0.2) is 0 Å². The lowest BCUT2D eigenvalue weighted by Gasteiger charge is -2.25. The fourth-order valence-electron chi connectivity index (χ4n) is 2.41. The summed E-state index contributed by atoms with van der Waals surface area (Å²) in [5, 5.41) is 3.26. The molecule has 0 radical (unpaired) electrons. The second-order valence-electron chi connectivity index (χ2n) is 5.30. The van der Waals surface area contributed by atoms with Crippen molar-refractivity contribution in [3.8, 4) is 5.75 Å². The van der Waals surface area contributed by atoms with Gasteiger partial charge < -0.3 is 10.1 Å². The van der Waals surface area contributed by atoms with Crippen molar-refractivity contribution in [1.29, 1.82) is 0 Å². The van der Waals surface area contributed by atoms with Gasteiger partial charge in [-0.1, -0.05) is 25.1 Å². The largest absolute Gasteiger partial charge is 0.493 e. The van der Waals surface area contributed by atoms with Crippen LogP contribution in [-0.2, 0) is 4.79 Å². The molecule has 3 nitrogen and oxygen atoms in total. The summed E-state index contributed by atoms with van der Waals surface area (Å²) in [6.45, 7) is 5.43. The van der Waals surface area contributed by atoms with E-state index in [1.165, 1.54) is 5.56 Å². The first kappa shape index (κ1) is 14.1. The number of para-hydroxylation sites is 1. The quantitative estimate of drug-likeness (QED) is 0.855. The number of fused-ring (bicyclic) bond motifs is 1. The first-order valence-corrected chi connectivity index (χ1v) is 7.17. The number of nitrogens with one attached hydrogen (secondary N) is 1. The highest BCUT2D eigenvalue weighted by Crippen LogP contribution is 2.35. The van der Waals surface area contributed by atoms with Crippen LogP contribution >= 0.6 is 0 Å². The summed E-state index contributed by atoms with van der Waals surface area (Å²) in [5.74, 6) is 1.56. The van der Waals surface area contributed by atoms with E-state index in [9.17, 15) is 4.79 Å². The third kappa shape index (κ3) is 3.80. The highest BCUT2D eigenvalue weighted by molar-refractivity contribution is 5.81. The van der Waals surface area contributed by atoms with Crippen molar-refractivity contribution in [3.05, 3.63) is 29.8 Å². The van der Waals surface area contributed by atoms with Gasteiger partial charge in [-0.15, -0.1) is 0 Å². The molecular weight excluding hydrogens is 238 g/mol. The van der Waals surface area contributed by atoms with Gasteiger partial charge in [0.1, 0.15) is 11.5 Å². The predicted molar refractivity (Wildman–Crippen MR) is 76.7 cm³/mol. The van der Waals surface area contributed by atoms with E-state index in [-0.39, 0.29) is 0 Å². The van der Waals surface area contributed by atoms with Gasteiger partial charge in [0.05, 0.1) is 13.2 Å². The molecule has 2 rings (SSSR count). The molecule has 0 fully saturated rings. The van der Waals surface area contributed by atoms with Gasteiger partial charge in [-0.05, 0) is 37.3 Å². The standard InChI is InChI=1S/C16H23NO2/c1-3-12(2)17-11-14(18)10-13-8-9-19-16-7-5-4-6-15(13)16/h4-7,12-13,17H,3,8-11H2,1-2H3. The molecule has 1 aliphatic heterocycles. The molecule has 0 aliphatic carbocycles. The zero-order valence-corrected chi connectivity index (χ0v) is 11.8. The van der Waals surface area contributed by atoms with Crippen molar-refractivity contribution < 1.29 is 9.53 Å². The average molecular weight is 261 g/mol. The lowest BCUT2D eigenvalue weighted by atomic mass is 9.89. The molecule has 19 heavy (non-hydrogen) atoms. The molecule has 1 aromatic rings. The Bertz CT molecular complexity index is 431. The van der Waals surface area contributed by atoms with Crippen molar-refractivity contribution in [2.24, 2.45) is 0 Å². The Labute approximate surface area is 115 Å². The molecule has 104 valence electrons. The zero-order valence-electron chi connectivity index (χ0n) is 11.8. The normalized spacial score (nSPS) is 19.4. The highest BCUT2D eigenvalue weighted by atomic mass is 16.5. The van der Waals surface area contributed by atoms with Crippen molar-refractivity contribution in [2.75, 3.05) is 13.2 Å². The van der Waals surface area contributed by atoms with Crippen molar-refractivity contribution in [3.63, 3.8) is 0 Å². The molecule has 1 aliphatic rings. The maximum absolute atomic E-state index is 12.0. The first-order valence-electron chi connectivity index (χ1n) is 7.17. The Hall–Kier alpha value is -1.35. The van der Waals surface area contributed by atoms with Gasteiger partial charge in [0, 0.05) is 12.5 Å². The van der Waals surface area contributed by atoms with Crippen LogP contribution in [0.3, 0.4) is 0 Å². The summed E-state index contributed by atoms with van der Waals surface area (Å²) >= 11 is 0. The molecule has 1 N–H and O–H groups in total. The van der Waals surface area contributed by atoms with Crippen LogP contribution in [0.5, 0.6) is 5.75 Å². The van der Waals surface area contributed by atoms with Crippen molar-refractivity contribution >= 4 is 5.78 Å². The molecule has 0 saturated carbocycles. The Morgan fingerprint density at radius 2 is 2.26 bits per heavy atom. The molecule has 3 heteroatoms. The van der Waals surface area contributed by atoms with E-state index in [0.29, 0.717) is 37.3 Å². The van der Waals surface area contributed by atoms with Crippen LogP contribution in [0.4, 0.5) is 0 Å². The van der Waals surface area contributed by atoms with Gasteiger partial charge in [0.25, 0.3) is 0 Å². The average Bonchev–Trinajstić information content (AvgIpc) is 2.45. The summed E-state index contributed by atoms with van der Waals surface area (Å²) in [7, 11) is 0. The molecule has 0 aromatic heterocycles. The monoisotopic (exact) mass is 261 g/mol. The van der Waals surface area contributed by atoms with Crippen LogP contribution in [0.1, 0.15) is 44.6 Å². The number of ketones is 1. The van der Waals surface area contributed by atoms with Crippen LogP contribution in [0, 0.1) is 0 Å². The topological polar surface area (TPSA) is 38.3 Å². The Morgan fingerprint density at radius 3 is 3.05 bits per heavy atom. The third-order valence-corrected chi connectivity index (χ3v) is 3.82. The minimum atomic E-state index is 0.294. The summed E-state index contributed by atoms with van der Waals surface area (Å²) in [6.07, 6.45) is 2.60. The molecule has 1 aromatic carbocycles. The van der Waals surface area contributed by atoms with E-state index < -0.39 is 0 Å². The summed E-state index contributed by atoms with van der Waals surface area (Å²) in [6, 6.07) is 8.47. The molecule has 2 atom stereocenters. The Kier molecular flexibility index (Phi) is 4.97. The van der Waals surface area contributed by atoms with Gasteiger partial charge in [-0.3, -0.25) is 4.79 Å². The summed E-state index contributed by atoms with van der Waals surface area (Å²) < 4.78 is 5.62. The van der Waals surface area contributed by atoms with Crippen molar-refractivity contribution in [1.82, 2.24) is 5.32 Å². The van der Waals surface area contributed by atoms with Crippen LogP contribution in [0.25, 0.3) is 0 Å². The molecule has 2 unspecified atom stereocenters. The molecule has 0 bridgehead atoms. The molecule has 0 amide bonds. The second kappa shape index (κ2) is 6.71. The van der Waals surface area contributed by atoms with Crippen LogP contribution < -0.4 is 10.1 Å². The molecule has 0 saturated heterocycles. The smallest absolute Gasteiger partial charge is 0.147 e. The number of Topliss-reactive ketones (excluding diaryl/α,β-unsaturated/α-hetero) is 1. The number of benzene rings is 1. The van der Waals surface area contributed by atoms with E-state index >= 15 is 0 Å². The fraction of sp³-hybridized carbons (Fsp3) is 0.562. The molecular formula is C16H23NO2. The first-order chi connectivity index (χ1) is 9.20. The van der Waals surface area contributed by atoms with Gasteiger partial charge >= 0.3 is 0 Å². The van der Waals surface area contributed by atoms with Crippen LogP contribution in [-0.4, -0.2) is 25.0 Å². The van der Waals surface area contributed by atoms with Gasteiger partial charge in [0.2, 0.25) is 0 Å². The third-order valence-electron chi connectivity index (χ3n) is 3.82. The van der Waals surface area contributed by atoms with Crippen LogP contribution in [0.2, 0.25) is 0 Å². The van der Waals surface area contributed by atoms with E-state index in [1.807, 2.05) is 18.2 Å². The molecule has 1 heterocycles. The fourth-order valence-corrected chi connectivity index (χ4v) is 2.41. The van der Waals surface area contributed by atoms with Gasteiger partial charge in [0.15, 0.2) is 0 Å². The minimum absolute atomic E-state index is 0.294. The highest BCUT2D eigenvalue weighted by Gasteiger charge is 2.23. The van der Waals surface area contributed by atoms with E-state index in [0.717, 1.165) is 18.6 Å². The number of carbonyl (C=O) groups excluding carboxylic acids is 1. The maximum atomic E-state index is 12.0. The number of carbonyl (C=O) groups is 1. The SMILES string of the molecule is CCC(C)NCC(=O)CC1CCOc2ccccc21. The van der Waals surface area contributed by atoms with E-state index in [4.69, 9.17) is 4.74 Å². The summed E-state index contributed by atoms with van der Waals surface area (Å²) in [4.78, 5) is 12.0. The number of rotatable bonds is 6. The molecule has 0 spiro atoms. The van der Waals surface area contributed by atoms with Gasteiger partial charge in [-0.2, -0.15) is 0 Å².